The van der Waals surface area contributed by atoms with Crippen molar-refractivity contribution >= 4 is 11.8 Å². The van der Waals surface area contributed by atoms with Crippen LogP contribution in [-0.2, 0) is 16.1 Å². The summed E-state index contributed by atoms with van der Waals surface area (Å²) in [5.41, 5.74) is 3.18. The van der Waals surface area contributed by atoms with Gasteiger partial charge >= 0.3 is 0 Å². The molecular formula is C26H36N2O4. The summed E-state index contributed by atoms with van der Waals surface area (Å²) in [6.07, 6.45) is 0.509. The third-order valence-corrected chi connectivity index (χ3v) is 5.42. The molecule has 1 N–H and O–H groups in total. The first-order chi connectivity index (χ1) is 15.2. The van der Waals surface area contributed by atoms with Gasteiger partial charge in [0.2, 0.25) is 5.91 Å². The Bertz CT molecular complexity index is 893. The minimum absolute atomic E-state index is 0.132. The van der Waals surface area contributed by atoms with E-state index in [-0.39, 0.29) is 18.4 Å². The highest BCUT2D eigenvalue weighted by atomic mass is 16.5. The van der Waals surface area contributed by atoms with Gasteiger partial charge in [0.1, 0.15) is 17.5 Å². The number of aryl methyl sites for hydroxylation is 2. The van der Waals surface area contributed by atoms with Crippen molar-refractivity contribution in [3.05, 3.63) is 59.2 Å². The number of nitrogens with one attached hydrogen (secondary N) is 1. The summed E-state index contributed by atoms with van der Waals surface area (Å²) in [6.45, 7) is 10.8. The third kappa shape index (κ3) is 7.29. The molecule has 0 aliphatic heterocycles. The first kappa shape index (κ1) is 25.2. The van der Waals surface area contributed by atoms with Crippen molar-refractivity contribution in [1.29, 1.82) is 0 Å². The first-order valence-corrected chi connectivity index (χ1v) is 11.1. The van der Waals surface area contributed by atoms with Gasteiger partial charge in [-0.05, 0) is 67.1 Å². The maximum atomic E-state index is 13.2. The number of carbonyl (C=O) groups is 2. The van der Waals surface area contributed by atoms with E-state index in [4.69, 9.17) is 9.47 Å². The Kier molecular flexibility index (Phi) is 9.57. The van der Waals surface area contributed by atoms with Gasteiger partial charge in [-0.3, -0.25) is 9.59 Å². The van der Waals surface area contributed by atoms with Gasteiger partial charge in [0.15, 0.2) is 6.61 Å². The van der Waals surface area contributed by atoms with Crippen LogP contribution in [0.25, 0.3) is 0 Å². The van der Waals surface area contributed by atoms with E-state index in [0.717, 1.165) is 22.4 Å². The molecule has 0 fully saturated rings. The topological polar surface area (TPSA) is 67.9 Å². The standard InChI is InChI=1S/C26H36N2O4/c1-7-24(26(30)27-15-18(2)3)28(16-21-9-12-22(31-6)13-10-21)25(29)17-32-23-11-8-19(4)20(5)14-23/h8-14,18,24H,7,15-17H2,1-6H3,(H,27,30)/t24-/m0/s1. The molecule has 2 rings (SSSR count). The zero-order valence-electron chi connectivity index (χ0n) is 20.1. The van der Waals surface area contributed by atoms with Gasteiger partial charge in [-0.1, -0.05) is 39.0 Å². The summed E-state index contributed by atoms with van der Waals surface area (Å²) in [6, 6.07) is 12.7. The molecule has 174 valence electrons. The smallest absolute Gasteiger partial charge is 0.261 e. The Morgan fingerprint density at radius 2 is 1.66 bits per heavy atom. The van der Waals surface area contributed by atoms with Gasteiger partial charge in [-0.25, -0.2) is 0 Å². The fourth-order valence-corrected chi connectivity index (χ4v) is 3.30. The largest absolute Gasteiger partial charge is 0.497 e. The van der Waals surface area contributed by atoms with Crippen LogP contribution in [0.1, 0.15) is 43.9 Å². The first-order valence-electron chi connectivity index (χ1n) is 11.1. The van der Waals surface area contributed by atoms with Crippen LogP contribution in [0.5, 0.6) is 11.5 Å². The quantitative estimate of drug-likeness (QED) is 0.567. The lowest BCUT2D eigenvalue weighted by atomic mass is 10.1. The zero-order valence-corrected chi connectivity index (χ0v) is 20.1. The van der Waals surface area contributed by atoms with Crippen molar-refractivity contribution in [2.45, 2.75) is 53.6 Å². The Labute approximate surface area is 191 Å². The number of amides is 2. The highest BCUT2D eigenvalue weighted by Gasteiger charge is 2.29. The van der Waals surface area contributed by atoms with Crippen LogP contribution in [-0.4, -0.2) is 43.0 Å². The Morgan fingerprint density at radius 1 is 1.00 bits per heavy atom. The number of methoxy groups -OCH3 is 1. The van der Waals surface area contributed by atoms with Crippen LogP contribution in [0.4, 0.5) is 0 Å². The average molecular weight is 441 g/mol. The van der Waals surface area contributed by atoms with Crippen LogP contribution >= 0.6 is 0 Å². The van der Waals surface area contributed by atoms with E-state index in [9.17, 15) is 9.59 Å². The molecule has 0 aliphatic carbocycles. The van der Waals surface area contributed by atoms with Crippen molar-refractivity contribution in [3.8, 4) is 11.5 Å². The van der Waals surface area contributed by atoms with Gasteiger partial charge < -0.3 is 19.7 Å². The van der Waals surface area contributed by atoms with E-state index in [2.05, 4.69) is 5.32 Å². The molecule has 0 aromatic heterocycles. The lowest BCUT2D eigenvalue weighted by molar-refractivity contribution is -0.143. The van der Waals surface area contributed by atoms with Crippen molar-refractivity contribution in [2.75, 3.05) is 20.3 Å². The molecule has 0 bridgehead atoms. The number of carbonyl (C=O) groups excluding carboxylic acids is 2. The average Bonchev–Trinajstić information content (AvgIpc) is 2.78. The molecule has 2 aromatic rings. The van der Waals surface area contributed by atoms with Crippen LogP contribution in [0.3, 0.4) is 0 Å². The SMILES string of the molecule is CC[C@@H](C(=O)NCC(C)C)N(Cc1ccc(OC)cc1)C(=O)COc1ccc(C)c(C)c1. The zero-order chi connectivity index (χ0) is 23.7. The Balaban J connectivity index is 2.20. The fourth-order valence-electron chi connectivity index (χ4n) is 3.30. The van der Waals surface area contributed by atoms with Crippen molar-refractivity contribution in [1.82, 2.24) is 10.2 Å². The van der Waals surface area contributed by atoms with E-state index in [1.807, 2.05) is 77.1 Å². The van der Waals surface area contributed by atoms with E-state index in [1.54, 1.807) is 12.0 Å². The summed E-state index contributed by atoms with van der Waals surface area (Å²) in [5, 5.41) is 2.97. The molecule has 2 amide bonds. The summed E-state index contributed by atoms with van der Waals surface area (Å²) in [4.78, 5) is 27.8. The predicted octanol–water partition coefficient (Wildman–Crippen LogP) is 4.27. The molecule has 6 heteroatoms. The number of rotatable bonds is 11. The molecule has 0 saturated heterocycles. The van der Waals surface area contributed by atoms with Gasteiger partial charge in [-0.15, -0.1) is 0 Å². The Morgan fingerprint density at radius 3 is 2.22 bits per heavy atom. The van der Waals surface area contributed by atoms with E-state index >= 15 is 0 Å². The second-order valence-electron chi connectivity index (χ2n) is 8.47. The van der Waals surface area contributed by atoms with Gasteiger partial charge in [-0.2, -0.15) is 0 Å². The maximum absolute atomic E-state index is 13.2. The van der Waals surface area contributed by atoms with Gasteiger partial charge in [0, 0.05) is 13.1 Å². The minimum Gasteiger partial charge on any atom is -0.497 e. The van der Waals surface area contributed by atoms with Crippen LogP contribution in [0, 0.1) is 19.8 Å². The molecule has 0 aliphatic rings. The lowest BCUT2D eigenvalue weighted by Gasteiger charge is -2.31. The summed E-state index contributed by atoms with van der Waals surface area (Å²) < 4.78 is 11.0. The number of benzene rings is 2. The normalized spacial score (nSPS) is 11.7. The monoisotopic (exact) mass is 440 g/mol. The molecular weight excluding hydrogens is 404 g/mol. The highest BCUT2D eigenvalue weighted by molar-refractivity contribution is 5.88. The van der Waals surface area contributed by atoms with Crippen LogP contribution in [0.15, 0.2) is 42.5 Å². The number of hydrogen-bond acceptors (Lipinski definition) is 4. The van der Waals surface area contributed by atoms with Crippen molar-refractivity contribution < 1.29 is 19.1 Å². The molecule has 6 nitrogen and oxygen atoms in total. The van der Waals surface area contributed by atoms with E-state index < -0.39 is 6.04 Å². The van der Waals surface area contributed by atoms with E-state index in [1.165, 1.54) is 0 Å². The summed E-state index contributed by atoms with van der Waals surface area (Å²) in [7, 11) is 1.61. The molecule has 1 atom stereocenters. The number of nitrogens with zero attached hydrogens (tertiary/aromatic N) is 1. The predicted molar refractivity (Wildman–Crippen MR) is 127 cm³/mol. The van der Waals surface area contributed by atoms with Crippen LogP contribution < -0.4 is 14.8 Å². The molecule has 0 heterocycles. The summed E-state index contributed by atoms with van der Waals surface area (Å²) >= 11 is 0. The van der Waals surface area contributed by atoms with Crippen molar-refractivity contribution in [2.24, 2.45) is 5.92 Å². The molecule has 0 unspecified atom stereocenters. The summed E-state index contributed by atoms with van der Waals surface area (Å²) in [5.74, 6) is 1.34. The maximum Gasteiger partial charge on any atom is 0.261 e. The minimum atomic E-state index is -0.577. The number of ether oxygens (including phenoxy) is 2. The second kappa shape index (κ2) is 12.1. The second-order valence-corrected chi connectivity index (χ2v) is 8.47. The molecule has 0 spiro atoms. The molecule has 32 heavy (non-hydrogen) atoms. The lowest BCUT2D eigenvalue weighted by Crippen LogP contribution is -2.50. The molecule has 0 saturated carbocycles. The number of hydrogen-bond donors (Lipinski definition) is 1. The highest BCUT2D eigenvalue weighted by Crippen LogP contribution is 2.19. The molecule has 0 radical (unpaired) electrons. The van der Waals surface area contributed by atoms with Crippen LogP contribution in [0.2, 0.25) is 0 Å². The third-order valence-electron chi connectivity index (χ3n) is 5.42. The van der Waals surface area contributed by atoms with Gasteiger partial charge in [0.05, 0.1) is 7.11 Å². The molecule has 2 aromatic carbocycles. The Hall–Kier alpha value is -3.02. The van der Waals surface area contributed by atoms with Crippen molar-refractivity contribution in [3.63, 3.8) is 0 Å². The van der Waals surface area contributed by atoms with E-state index in [0.29, 0.717) is 31.2 Å². The van der Waals surface area contributed by atoms with Gasteiger partial charge in [0.25, 0.3) is 5.91 Å². The fraction of sp³-hybridized carbons (Fsp3) is 0.462.